The van der Waals surface area contributed by atoms with E-state index in [1.165, 1.54) is 0 Å². The predicted octanol–water partition coefficient (Wildman–Crippen LogP) is 2.20. The molecule has 0 amide bonds. The van der Waals surface area contributed by atoms with E-state index in [0.29, 0.717) is 0 Å². The summed E-state index contributed by atoms with van der Waals surface area (Å²) in [5, 5.41) is -0.237. The molecule has 48 valence electrons. The van der Waals surface area contributed by atoms with Gasteiger partial charge in [-0.1, -0.05) is 0 Å². The third kappa shape index (κ3) is 1.63. The second-order valence-corrected chi connectivity index (χ2v) is 2.40. The van der Waals surface area contributed by atoms with Crippen LogP contribution >= 0.6 is 27.5 Å². The first-order valence-corrected chi connectivity index (χ1v) is 3.19. The van der Waals surface area contributed by atoms with Gasteiger partial charge in [-0.05, 0) is 34.4 Å². The zero-order valence-electron chi connectivity index (χ0n) is 8.15. The Labute approximate surface area is 72.0 Å². The van der Waals surface area contributed by atoms with E-state index in [0.717, 1.165) is 0 Å². The smallest absolute Gasteiger partial charge is 0.222 e. The van der Waals surface area contributed by atoms with Crippen molar-refractivity contribution in [2.24, 2.45) is 0 Å². The molecule has 1 heterocycles. The van der Waals surface area contributed by atoms with Gasteiger partial charge in [0.25, 0.3) is 0 Å². The Bertz CT molecular complexity index is 340. The Morgan fingerprint density at radius 2 is 2.78 bits per heavy atom. The van der Waals surface area contributed by atoms with Gasteiger partial charge >= 0.3 is 0 Å². The van der Waals surface area contributed by atoms with Crippen molar-refractivity contribution in [3.05, 3.63) is 21.6 Å². The van der Waals surface area contributed by atoms with Crippen molar-refractivity contribution < 1.29 is 5.48 Å². The summed E-state index contributed by atoms with van der Waals surface area (Å²) in [6.45, 7) is -2.39. The highest BCUT2D eigenvalue weighted by Crippen LogP contribution is 2.12. The van der Waals surface area contributed by atoms with E-state index in [2.05, 4.69) is 25.9 Å². The second-order valence-electron chi connectivity index (χ2n) is 1.27. The molecule has 0 aromatic carbocycles. The largest absolute Gasteiger partial charge is 0.225 e. The molecule has 0 saturated carbocycles. The van der Waals surface area contributed by atoms with Gasteiger partial charge in [0.1, 0.15) is 0 Å². The molecule has 4 heteroatoms. The minimum atomic E-state index is -2.39. The molecule has 0 N–H and O–H groups in total. The van der Waals surface area contributed by atoms with Gasteiger partial charge in [-0.3, -0.25) is 0 Å². The summed E-state index contributed by atoms with van der Waals surface area (Å²) >= 11 is 8.33. The van der Waals surface area contributed by atoms with Crippen LogP contribution in [-0.2, 0) is 0 Å². The maximum atomic E-state index is 7.25. The fourth-order valence-corrected chi connectivity index (χ4v) is 0.619. The van der Waals surface area contributed by atoms with Crippen LogP contribution in [0.2, 0.25) is 5.28 Å². The number of halogens is 2. The van der Waals surface area contributed by atoms with Gasteiger partial charge in [0, 0.05) is 10.3 Å². The van der Waals surface area contributed by atoms with Crippen LogP contribution in [0.3, 0.4) is 0 Å². The summed E-state index contributed by atoms with van der Waals surface area (Å²) in [6, 6.07) is 0. The molecule has 9 heavy (non-hydrogen) atoms. The van der Waals surface area contributed by atoms with Gasteiger partial charge in [-0.15, -0.1) is 0 Å². The molecule has 0 radical (unpaired) electrons. The van der Waals surface area contributed by atoms with Crippen LogP contribution in [0.1, 0.15) is 11.2 Å². The van der Waals surface area contributed by atoms with Crippen molar-refractivity contribution in [2.45, 2.75) is 6.85 Å². The first kappa shape index (κ1) is 3.30. The van der Waals surface area contributed by atoms with Crippen molar-refractivity contribution in [3.63, 3.8) is 0 Å². The Balaban J connectivity index is 3.37. The lowest BCUT2D eigenvalue weighted by molar-refractivity contribution is 1.08. The number of aryl methyl sites for hydroxylation is 1. The maximum Gasteiger partial charge on any atom is 0.222 e. The second kappa shape index (κ2) is 2.62. The Hall–Kier alpha value is -0.150. The Morgan fingerprint density at radius 1 is 2.00 bits per heavy atom. The molecule has 0 aliphatic heterocycles. The molecule has 0 aliphatic carbocycles. The molecule has 0 saturated heterocycles. The third-order valence-corrected chi connectivity index (χ3v) is 1.38. The van der Waals surface area contributed by atoms with Crippen molar-refractivity contribution in [1.29, 1.82) is 0 Å². The molecule has 0 atom stereocenters. The molecule has 2 nitrogen and oxygen atoms in total. The van der Waals surface area contributed by atoms with Crippen LogP contribution in [0, 0.1) is 6.85 Å². The SMILES string of the molecule is [2H]c1nc(Cl)nc(C([2H])([2H])[2H])c1Br. The quantitative estimate of drug-likeness (QED) is 0.615. The molecule has 0 aliphatic rings. The normalized spacial score (nSPS) is 17.6. The molecule has 1 aromatic rings. The van der Waals surface area contributed by atoms with E-state index in [1.807, 2.05) is 0 Å². The van der Waals surface area contributed by atoms with E-state index in [4.69, 9.17) is 17.1 Å². The predicted molar refractivity (Wildman–Crippen MR) is 39.5 cm³/mol. The average Bonchev–Trinajstić information content (AvgIpc) is 1.94. The van der Waals surface area contributed by atoms with Gasteiger partial charge in [0.15, 0.2) is 0 Å². The lowest BCUT2D eigenvalue weighted by Crippen LogP contribution is -1.85. The van der Waals surface area contributed by atoms with Crippen LogP contribution in [0.5, 0.6) is 0 Å². The number of aromatic nitrogens is 2. The summed E-state index contributed by atoms with van der Waals surface area (Å²) in [7, 11) is 0. The number of hydrogen-bond donors (Lipinski definition) is 0. The van der Waals surface area contributed by atoms with E-state index in [9.17, 15) is 0 Å². The summed E-state index contributed by atoms with van der Waals surface area (Å²) in [5.74, 6) is 0. The topological polar surface area (TPSA) is 25.8 Å². The van der Waals surface area contributed by atoms with Crippen molar-refractivity contribution >= 4 is 27.5 Å². The lowest BCUT2D eigenvalue weighted by Gasteiger charge is -1.93. The van der Waals surface area contributed by atoms with Gasteiger partial charge < -0.3 is 0 Å². The van der Waals surface area contributed by atoms with Gasteiger partial charge in [-0.2, -0.15) is 0 Å². The first-order chi connectivity index (χ1) is 5.82. The molecule has 1 aromatic heterocycles. The minimum absolute atomic E-state index is 0.0527. The standard InChI is InChI=1S/C5H4BrClN2/c1-3-4(6)2-8-5(7)9-3/h2H,1H3/i1D3,2D. The van der Waals surface area contributed by atoms with E-state index in [1.54, 1.807) is 0 Å². The molecule has 0 bridgehead atoms. The van der Waals surface area contributed by atoms with Gasteiger partial charge in [0.05, 0.1) is 11.5 Å². The summed E-state index contributed by atoms with van der Waals surface area (Å²) in [6.07, 6.45) is -0.230. The summed E-state index contributed by atoms with van der Waals surface area (Å²) in [5.41, 5.74) is -0.238. The van der Waals surface area contributed by atoms with Crippen LogP contribution in [0.15, 0.2) is 10.6 Å². The molecular weight excluding hydrogens is 203 g/mol. The summed E-state index contributed by atoms with van der Waals surface area (Å²) < 4.78 is 28.5. The van der Waals surface area contributed by atoms with Crippen molar-refractivity contribution in [1.82, 2.24) is 9.97 Å². The monoisotopic (exact) mass is 210 g/mol. The van der Waals surface area contributed by atoms with E-state index < -0.39 is 6.85 Å². The number of nitrogens with zero attached hydrogens (tertiary/aromatic N) is 2. The lowest BCUT2D eigenvalue weighted by atomic mass is 10.5. The summed E-state index contributed by atoms with van der Waals surface area (Å²) in [4.78, 5) is 7.00. The van der Waals surface area contributed by atoms with Crippen LogP contribution < -0.4 is 0 Å². The zero-order chi connectivity index (χ0) is 10.2. The molecule has 0 unspecified atom stereocenters. The number of rotatable bonds is 0. The van der Waals surface area contributed by atoms with Gasteiger partial charge in [0.2, 0.25) is 5.28 Å². The van der Waals surface area contributed by atoms with Crippen LogP contribution in [0.4, 0.5) is 0 Å². The van der Waals surface area contributed by atoms with E-state index in [-0.39, 0.29) is 21.6 Å². The van der Waals surface area contributed by atoms with Crippen LogP contribution in [0.25, 0.3) is 0 Å². The highest BCUT2D eigenvalue weighted by molar-refractivity contribution is 9.10. The molecule has 0 spiro atoms. The number of hydrogen-bond acceptors (Lipinski definition) is 2. The van der Waals surface area contributed by atoms with Crippen LogP contribution in [-0.4, -0.2) is 9.97 Å². The average molecular weight is 211 g/mol. The first-order valence-electron chi connectivity index (χ1n) is 4.02. The maximum absolute atomic E-state index is 7.25. The zero-order valence-corrected chi connectivity index (χ0v) is 6.49. The highest BCUT2D eigenvalue weighted by Gasteiger charge is 1.95. The third-order valence-electron chi connectivity index (χ3n) is 0.658. The minimum Gasteiger partial charge on any atom is -0.225 e. The fraction of sp³-hybridized carbons (Fsp3) is 0.200. The molecule has 0 fully saturated rings. The van der Waals surface area contributed by atoms with E-state index >= 15 is 0 Å². The fourth-order valence-electron chi connectivity index (χ4n) is 0.314. The van der Waals surface area contributed by atoms with Crippen molar-refractivity contribution in [2.75, 3.05) is 0 Å². The van der Waals surface area contributed by atoms with Gasteiger partial charge in [-0.25, -0.2) is 9.97 Å². The van der Waals surface area contributed by atoms with Crippen molar-refractivity contribution in [3.8, 4) is 0 Å². The Morgan fingerprint density at radius 3 is 3.44 bits per heavy atom. The highest BCUT2D eigenvalue weighted by atomic mass is 79.9. The molecule has 1 rings (SSSR count). The Kier molecular flexibility index (Phi) is 0.963. The molecular formula is C5H4BrClN2.